The van der Waals surface area contributed by atoms with Crippen LogP contribution in [0.25, 0.3) is 0 Å². The highest BCUT2D eigenvalue weighted by atomic mass is 16.5. The first-order chi connectivity index (χ1) is 7.24. The zero-order chi connectivity index (χ0) is 11.1. The standard InChI is InChI=1S/C12H23NO2/c1-3-15-12(14)10(2)9-13-8-7-11-5-4-6-11/h10-11,13H,3-9H2,1-2H3. The molecule has 0 aliphatic heterocycles. The summed E-state index contributed by atoms with van der Waals surface area (Å²) in [5.74, 6) is 0.829. The summed E-state index contributed by atoms with van der Waals surface area (Å²) in [5, 5.41) is 3.32. The molecule has 1 aliphatic carbocycles. The minimum Gasteiger partial charge on any atom is -0.466 e. The van der Waals surface area contributed by atoms with Gasteiger partial charge in [0, 0.05) is 6.54 Å². The second-order valence-corrected chi connectivity index (χ2v) is 4.44. The molecular weight excluding hydrogens is 190 g/mol. The van der Waals surface area contributed by atoms with E-state index in [-0.39, 0.29) is 11.9 Å². The molecule has 1 fully saturated rings. The van der Waals surface area contributed by atoms with Crippen molar-refractivity contribution in [1.82, 2.24) is 5.32 Å². The largest absolute Gasteiger partial charge is 0.466 e. The Morgan fingerprint density at radius 3 is 2.80 bits per heavy atom. The van der Waals surface area contributed by atoms with Crippen LogP contribution in [0.1, 0.15) is 39.5 Å². The molecule has 1 rings (SSSR count). The molecule has 0 spiro atoms. The fourth-order valence-electron chi connectivity index (χ4n) is 1.77. The number of rotatable bonds is 7. The minimum absolute atomic E-state index is 0.0219. The molecule has 0 aromatic heterocycles. The first-order valence-corrected chi connectivity index (χ1v) is 6.11. The SMILES string of the molecule is CCOC(=O)C(C)CNCCC1CCC1. The Labute approximate surface area is 92.6 Å². The Kier molecular flexibility index (Phi) is 5.69. The Hall–Kier alpha value is -0.570. The van der Waals surface area contributed by atoms with E-state index in [1.807, 2.05) is 13.8 Å². The van der Waals surface area contributed by atoms with Crippen molar-refractivity contribution in [3.63, 3.8) is 0 Å². The van der Waals surface area contributed by atoms with Crippen molar-refractivity contribution < 1.29 is 9.53 Å². The van der Waals surface area contributed by atoms with E-state index in [0.717, 1.165) is 19.0 Å². The molecule has 1 aliphatic rings. The Morgan fingerprint density at radius 1 is 1.53 bits per heavy atom. The molecule has 88 valence electrons. The summed E-state index contributed by atoms with van der Waals surface area (Å²) in [6.07, 6.45) is 5.46. The third-order valence-corrected chi connectivity index (χ3v) is 3.09. The quantitative estimate of drug-likeness (QED) is 0.519. The van der Waals surface area contributed by atoms with Gasteiger partial charge in [-0.3, -0.25) is 4.79 Å². The summed E-state index contributed by atoms with van der Waals surface area (Å²) in [6.45, 7) is 6.01. The lowest BCUT2D eigenvalue weighted by Gasteiger charge is -2.25. The second kappa shape index (κ2) is 6.83. The maximum Gasteiger partial charge on any atom is 0.309 e. The molecule has 1 saturated carbocycles. The van der Waals surface area contributed by atoms with Gasteiger partial charge in [0.1, 0.15) is 0 Å². The van der Waals surface area contributed by atoms with Crippen LogP contribution in [0.3, 0.4) is 0 Å². The summed E-state index contributed by atoms with van der Waals surface area (Å²) in [4.78, 5) is 11.3. The van der Waals surface area contributed by atoms with Gasteiger partial charge < -0.3 is 10.1 Å². The molecule has 1 unspecified atom stereocenters. The molecule has 0 heterocycles. The molecule has 15 heavy (non-hydrogen) atoms. The monoisotopic (exact) mass is 213 g/mol. The molecule has 0 saturated heterocycles. The van der Waals surface area contributed by atoms with Crippen molar-refractivity contribution in [2.75, 3.05) is 19.7 Å². The van der Waals surface area contributed by atoms with Gasteiger partial charge >= 0.3 is 5.97 Å². The van der Waals surface area contributed by atoms with Gasteiger partial charge in [-0.15, -0.1) is 0 Å². The van der Waals surface area contributed by atoms with Crippen molar-refractivity contribution in [2.24, 2.45) is 11.8 Å². The van der Waals surface area contributed by atoms with Crippen LogP contribution >= 0.6 is 0 Å². The van der Waals surface area contributed by atoms with Crippen LogP contribution in [0, 0.1) is 11.8 Å². The van der Waals surface area contributed by atoms with E-state index in [1.54, 1.807) is 0 Å². The molecule has 3 nitrogen and oxygen atoms in total. The highest BCUT2D eigenvalue weighted by molar-refractivity contribution is 5.72. The molecule has 1 N–H and O–H groups in total. The summed E-state index contributed by atoms with van der Waals surface area (Å²) in [5.41, 5.74) is 0. The molecule has 0 bridgehead atoms. The summed E-state index contributed by atoms with van der Waals surface area (Å²) < 4.78 is 4.94. The van der Waals surface area contributed by atoms with Gasteiger partial charge in [-0.2, -0.15) is 0 Å². The van der Waals surface area contributed by atoms with E-state index in [2.05, 4.69) is 5.32 Å². The average Bonchev–Trinajstić information content (AvgIpc) is 2.14. The lowest BCUT2D eigenvalue weighted by atomic mass is 9.83. The van der Waals surface area contributed by atoms with Gasteiger partial charge in [0.2, 0.25) is 0 Å². The number of hydrogen-bond donors (Lipinski definition) is 1. The number of nitrogens with one attached hydrogen (secondary N) is 1. The second-order valence-electron chi connectivity index (χ2n) is 4.44. The van der Waals surface area contributed by atoms with Crippen molar-refractivity contribution in [2.45, 2.75) is 39.5 Å². The predicted molar refractivity (Wildman–Crippen MR) is 60.6 cm³/mol. The molecule has 0 aromatic rings. The van der Waals surface area contributed by atoms with Crippen LogP contribution in [0.2, 0.25) is 0 Å². The van der Waals surface area contributed by atoms with Gasteiger partial charge in [0.15, 0.2) is 0 Å². The number of carbonyl (C=O) groups excluding carboxylic acids is 1. The first-order valence-electron chi connectivity index (χ1n) is 6.11. The van der Waals surface area contributed by atoms with Gasteiger partial charge in [-0.05, 0) is 25.8 Å². The van der Waals surface area contributed by atoms with E-state index in [9.17, 15) is 4.79 Å². The molecule has 1 atom stereocenters. The van der Waals surface area contributed by atoms with Crippen molar-refractivity contribution >= 4 is 5.97 Å². The third kappa shape index (κ3) is 4.65. The fourth-order valence-corrected chi connectivity index (χ4v) is 1.77. The van der Waals surface area contributed by atoms with E-state index in [1.165, 1.54) is 25.7 Å². The van der Waals surface area contributed by atoms with E-state index in [4.69, 9.17) is 4.74 Å². The topological polar surface area (TPSA) is 38.3 Å². The Bertz CT molecular complexity index is 190. The zero-order valence-electron chi connectivity index (χ0n) is 9.92. The third-order valence-electron chi connectivity index (χ3n) is 3.09. The van der Waals surface area contributed by atoms with Gasteiger partial charge in [0.05, 0.1) is 12.5 Å². The number of hydrogen-bond acceptors (Lipinski definition) is 3. The molecule has 0 radical (unpaired) electrons. The lowest BCUT2D eigenvalue weighted by molar-refractivity contribution is -0.147. The summed E-state index contributed by atoms with van der Waals surface area (Å²) in [6, 6.07) is 0. The maximum atomic E-state index is 11.3. The van der Waals surface area contributed by atoms with Crippen molar-refractivity contribution in [3.05, 3.63) is 0 Å². The lowest BCUT2D eigenvalue weighted by Crippen LogP contribution is -2.30. The van der Waals surface area contributed by atoms with Crippen molar-refractivity contribution in [1.29, 1.82) is 0 Å². The van der Waals surface area contributed by atoms with E-state index >= 15 is 0 Å². The maximum absolute atomic E-state index is 11.3. The van der Waals surface area contributed by atoms with E-state index in [0.29, 0.717) is 6.61 Å². The molecule has 0 aromatic carbocycles. The van der Waals surface area contributed by atoms with Crippen LogP contribution < -0.4 is 5.32 Å². The van der Waals surface area contributed by atoms with Gasteiger partial charge in [0.25, 0.3) is 0 Å². The highest BCUT2D eigenvalue weighted by Gasteiger charge is 2.17. The Balaban J connectivity index is 1.95. The molecular formula is C12H23NO2. The van der Waals surface area contributed by atoms with Crippen LogP contribution in [0.15, 0.2) is 0 Å². The normalized spacial score (nSPS) is 18.3. The van der Waals surface area contributed by atoms with Crippen LogP contribution in [-0.2, 0) is 9.53 Å². The number of carbonyl (C=O) groups is 1. The highest BCUT2D eigenvalue weighted by Crippen LogP contribution is 2.28. The van der Waals surface area contributed by atoms with Crippen LogP contribution in [0.5, 0.6) is 0 Å². The summed E-state index contributed by atoms with van der Waals surface area (Å²) in [7, 11) is 0. The predicted octanol–water partition coefficient (Wildman–Crippen LogP) is 1.97. The van der Waals surface area contributed by atoms with Gasteiger partial charge in [-0.1, -0.05) is 26.2 Å². The number of esters is 1. The van der Waals surface area contributed by atoms with E-state index < -0.39 is 0 Å². The zero-order valence-corrected chi connectivity index (χ0v) is 9.92. The van der Waals surface area contributed by atoms with Crippen LogP contribution in [-0.4, -0.2) is 25.7 Å². The minimum atomic E-state index is -0.0892. The smallest absolute Gasteiger partial charge is 0.309 e. The first kappa shape index (κ1) is 12.5. The van der Waals surface area contributed by atoms with Crippen LogP contribution in [0.4, 0.5) is 0 Å². The summed E-state index contributed by atoms with van der Waals surface area (Å²) >= 11 is 0. The molecule has 3 heteroatoms. The Morgan fingerprint density at radius 2 is 2.27 bits per heavy atom. The van der Waals surface area contributed by atoms with Gasteiger partial charge in [-0.25, -0.2) is 0 Å². The van der Waals surface area contributed by atoms with Crippen molar-refractivity contribution in [3.8, 4) is 0 Å². The number of ether oxygens (including phenoxy) is 1. The molecule has 0 amide bonds. The average molecular weight is 213 g/mol. The fraction of sp³-hybridized carbons (Fsp3) is 0.917.